The molecule has 6 nitrogen and oxygen atoms in total. The van der Waals surface area contributed by atoms with Crippen molar-refractivity contribution in [3.8, 4) is 0 Å². The van der Waals surface area contributed by atoms with E-state index in [0.717, 1.165) is 50.3 Å². The van der Waals surface area contributed by atoms with Gasteiger partial charge in [0.1, 0.15) is 11.5 Å². The van der Waals surface area contributed by atoms with E-state index in [-0.39, 0.29) is 18.1 Å². The van der Waals surface area contributed by atoms with E-state index in [2.05, 4.69) is 15.5 Å². The van der Waals surface area contributed by atoms with E-state index in [0.29, 0.717) is 6.54 Å². The summed E-state index contributed by atoms with van der Waals surface area (Å²) in [6, 6.07) is 3.71. The van der Waals surface area contributed by atoms with Gasteiger partial charge in [-0.3, -0.25) is 4.90 Å². The molecule has 1 aromatic heterocycles. The third kappa shape index (κ3) is 4.30. The number of aliphatic hydroxyl groups excluding tert-OH is 1. The number of aryl methyl sites for hydroxylation is 1. The van der Waals surface area contributed by atoms with Gasteiger partial charge < -0.3 is 20.2 Å². The maximum Gasteiger partial charge on any atom is 0.315 e. The van der Waals surface area contributed by atoms with E-state index < -0.39 is 6.10 Å². The molecule has 3 atom stereocenters. The first-order valence-electron chi connectivity index (χ1n) is 9.16. The lowest BCUT2D eigenvalue weighted by Crippen LogP contribution is -2.50. The number of urea groups is 1. The van der Waals surface area contributed by atoms with E-state index in [9.17, 15) is 9.90 Å². The molecule has 24 heavy (non-hydrogen) atoms. The summed E-state index contributed by atoms with van der Waals surface area (Å²) in [5.74, 6) is 1.80. The number of rotatable bonds is 5. The predicted octanol–water partition coefficient (Wildman–Crippen LogP) is 2.33. The van der Waals surface area contributed by atoms with Gasteiger partial charge in [0.05, 0.1) is 18.2 Å². The highest BCUT2D eigenvalue weighted by Crippen LogP contribution is 2.26. The molecule has 0 bridgehead atoms. The fraction of sp³-hybridized carbons (Fsp3) is 0.722. The van der Waals surface area contributed by atoms with Gasteiger partial charge in [-0.1, -0.05) is 12.8 Å². The number of amides is 2. The molecule has 2 heterocycles. The number of carbonyl (C=O) groups is 1. The number of nitrogens with one attached hydrogen (secondary N) is 2. The Morgan fingerprint density at radius 2 is 2.04 bits per heavy atom. The number of furan rings is 1. The van der Waals surface area contributed by atoms with E-state index in [1.165, 1.54) is 12.8 Å². The Hall–Kier alpha value is -1.53. The smallest absolute Gasteiger partial charge is 0.315 e. The van der Waals surface area contributed by atoms with Crippen LogP contribution in [-0.4, -0.2) is 47.8 Å². The molecule has 1 aliphatic carbocycles. The van der Waals surface area contributed by atoms with Crippen LogP contribution >= 0.6 is 0 Å². The zero-order chi connectivity index (χ0) is 16.9. The maximum absolute atomic E-state index is 12.2. The lowest BCUT2D eigenvalue weighted by atomic mass is 9.93. The highest BCUT2D eigenvalue weighted by atomic mass is 16.3. The van der Waals surface area contributed by atoms with Gasteiger partial charge in [0.25, 0.3) is 0 Å². The summed E-state index contributed by atoms with van der Waals surface area (Å²) in [6.07, 6.45) is 5.67. The highest BCUT2D eigenvalue weighted by molar-refractivity contribution is 5.74. The van der Waals surface area contributed by atoms with Gasteiger partial charge in [0, 0.05) is 6.54 Å². The van der Waals surface area contributed by atoms with Crippen LogP contribution in [0.25, 0.3) is 0 Å². The Bertz CT molecular complexity index is 539. The second-order valence-corrected chi connectivity index (χ2v) is 7.02. The summed E-state index contributed by atoms with van der Waals surface area (Å²) in [4.78, 5) is 14.6. The van der Waals surface area contributed by atoms with Crippen molar-refractivity contribution in [3.63, 3.8) is 0 Å². The lowest BCUT2D eigenvalue weighted by Gasteiger charge is -2.29. The van der Waals surface area contributed by atoms with Crippen LogP contribution in [-0.2, 0) is 0 Å². The average molecular weight is 335 g/mol. The topological polar surface area (TPSA) is 77.7 Å². The average Bonchev–Trinajstić information content (AvgIpc) is 3.22. The number of hydrogen-bond donors (Lipinski definition) is 3. The Labute approximate surface area is 143 Å². The fourth-order valence-corrected chi connectivity index (χ4v) is 3.78. The molecule has 1 saturated carbocycles. The normalized spacial score (nSPS) is 26.2. The van der Waals surface area contributed by atoms with Crippen molar-refractivity contribution >= 4 is 6.03 Å². The van der Waals surface area contributed by atoms with Crippen molar-refractivity contribution in [3.05, 3.63) is 23.7 Å². The number of nitrogens with zero attached hydrogens (tertiary/aromatic N) is 1. The van der Waals surface area contributed by atoms with Crippen molar-refractivity contribution in [1.29, 1.82) is 0 Å². The third-order valence-electron chi connectivity index (χ3n) is 5.17. The van der Waals surface area contributed by atoms with Crippen molar-refractivity contribution in [2.24, 2.45) is 0 Å². The van der Waals surface area contributed by atoms with Crippen LogP contribution in [0.2, 0.25) is 0 Å². The fourth-order valence-electron chi connectivity index (χ4n) is 3.78. The van der Waals surface area contributed by atoms with Crippen LogP contribution < -0.4 is 10.6 Å². The molecular weight excluding hydrogens is 306 g/mol. The van der Waals surface area contributed by atoms with Crippen LogP contribution in [0.1, 0.15) is 56.1 Å². The maximum atomic E-state index is 12.2. The SMILES string of the molecule is Cc1ccc(C(CNC(=O)NC2CCCCC2O)N2CCCC2)o1. The van der Waals surface area contributed by atoms with E-state index in [1.54, 1.807) is 0 Å². The van der Waals surface area contributed by atoms with E-state index in [1.807, 2.05) is 19.1 Å². The van der Waals surface area contributed by atoms with Gasteiger partial charge in [-0.15, -0.1) is 0 Å². The monoisotopic (exact) mass is 335 g/mol. The molecule has 2 amide bonds. The minimum Gasteiger partial charge on any atom is -0.465 e. The Kier molecular flexibility index (Phi) is 5.79. The first kappa shape index (κ1) is 17.3. The minimum atomic E-state index is -0.424. The van der Waals surface area contributed by atoms with Crippen molar-refractivity contribution in [2.75, 3.05) is 19.6 Å². The Morgan fingerprint density at radius 3 is 2.71 bits per heavy atom. The molecule has 2 aliphatic rings. The molecule has 3 rings (SSSR count). The van der Waals surface area contributed by atoms with Crippen LogP contribution in [0, 0.1) is 6.92 Å². The predicted molar refractivity (Wildman–Crippen MR) is 91.8 cm³/mol. The van der Waals surface area contributed by atoms with Crippen LogP contribution in [0.4, 0.5) is 4.79 Å². The van der Waals surface area contributed by atoms with Gasteiger partial charge in [0.2, 0.25) is 0 Å². The van der Waals surface area contributed by atoms with Crippen molar-refractivity contribution in [2.45, 2.75) is 63.6 Å². The molecule has 1 aromatic rings. The summed E-state index contributed by atoms with van der Waals surface area (Å²) in [6.45, 7) is 4.53. The summed E-state index contributed by atoms with van der Waals surface area (Å²) >= 11 is 0. The second-order valence-electron chi connectivity index (χ2n) is 7.02. The van der Waals surface area contributed by atoms with Gasteiger partial charge in [-0.2, -0.15) is 0 Å². The minimum absolute atomic E-state index is 0.0724. The van der Waals surface area contributed by atoms with Crippen molar-refractivity contribution in [1.82, 2.24) is 15.5 Å². The quantitative estimate of drug-likeness (QED) is 0.772. The van der Waals surface area contributed by atoms with Crippen LogP contribution in [0.15, 0.2) is 16.5 Å². The van der Waals surface area contributed by atoms with Gasteiger partial charge in [-0.25, -0.2) is 4.79 Å². The van der Waals surface area contributed by atoms with Crippen LogP contribution in [0.3, 0.4) is 0 Å². The Morgan fingerprint density at radius 1 is 1.29 bits per heavy atom. The first-order valence-corrected chi connectivity index (χ1v) is 9.16. The molecule has 3 unspecified atom stereocenters. The molecule has 2 fully saturated rings. The highest BCUT2D eigenvalue weighted by Gasteiger charge is 2.28. The third-order valence-corrected chi connectivity index (χ3v) is 5.17. The number of aliphatic hydroxyl groups is 1. The van der Waals surface area contributed by atoms with Crippen LogP contribution in [0.5, 0.6) is 0 Å². The Balaban J connectivity index is 1.55. The molecule has 1 saturated heterocycles. The van der Waals surface area contributed by atoms with Crippen molar-refractivity contribution < 1.29 is 14.3 Å². The summed E-state index contributed by atoms with van der Waals surface area (Å²) in [5.41, 5.74) is 0. The molecule has 3 N–H and O–H groups in total. The standard InChI is InChI=1S/C18H29N3O3/c1-13-8-9-17(24-13)15(21-10-4-5-11-21)12-19-18(23)20-14-6-2-3-7-16(14)22/h8-9,14-16,22H,2-7,10-12H2,1H3,(H2,19,20,23). The summed E-state index contributed by atoms with van der Waals surface area (Å²) < 4.78 is 5.80. The second kappa shape index (κ2) is 8.03. The molecule has 0 radical (unpaired) electrons. The largest absolute Gasteiger partial charge is 0.465 e. The lowest BCUT2D eigenvalue weighted by molar-refractivity contribution is 0.0939. The molecule has 1 aliphatic heterocycles. The summed E-state index contributed by atoms with van der Waals surface area (Å²) in [7, 11) is 0. The zero-order valence-electron chi connectivity index (χ0n) is 14.5. The van der Waals surface area contributed by atoms with E-state index in [4.69, 9.17) is 4.42 Å². The van der Waals surface area contributed by atoms with Gasteiger partial charge in [0.15, 0.2) is 0 Å². The van der Waals surface area contributed by atoms with Gasteiger partial charge >= 0.3 is 6.03 Å². The molecule has 0 spiro atoms. The zero-order valence-corrected chi connectivity index (χ0v) is 14.5. The first-order chi connectivity index (χ1) is 11.6. The number of carbonyl (C=O) groups excluding carboxylic acids is 1. The molecule has 134 valence electrons. The van der Waals surface area contributed by atoms with Gasteiger partial charge in [-0.05, 0) is 57.8 Å². The molecule has 6 heteroatoms. The molecular formula is C18H29N3O3. The number of hydrogen-bond acceptors (Lipinski definition) is 4. The molecule has 0 aromatic carbocycles. The van der Waals surface area contributed by atoms with E-state index >= 15 is 0 Å². The summed E-state index contributed by atoms with van der Waals surface area (Å²) in [5, 5.41) is 15.9. The number of likely N-dealkylation sites (tertiary alicyclic amines) is 1.